The Bertz CT molecular complexity index is 677. The van der Waals surface area contributed by atoms with Gasteiger partial charge in [-0.25, -0.2) is 0 Å². The number of amides is 1. The van der Waals surface area contributed by atoms with Crippen LogP contribution in [0.3, 0.4) is 0 Å². The molecule has 126 valence electrons. The Kier molecular flexibility index (Phi) is 5.43. The molecule has 2 N–H and O–H groups in total. The molecular weight excluding hydrogens is 320 g/mol. The van der Waals surface area contributed by atoms with E-state index in [1.807, 2.05) is 41.8 Å². The molecule has 2 heterocycles. The molecular formula is C19H23N2O2S+. The molecule has 1 atom stereocenters. The molecule has 1 aliphatic heterocycles. The summed E-state index contributed by atoms with van der Waals surface area (Å²) in [6.07, 6.45) is 1.65. The highest BCUT2D eigenvalue weighted by Crippen LogP contribution is 2.11. The Morgan fingerprint density at radius 3 is 2.46 bits per heavy atom. The lowest BCUT2D eigenvalue weighted by Gasteiger charge is -2.33. The number of carbonyl (C=O) groups excluding carboxylic acids is 2. The van der Waals surface area contributed by atoms with E-state index in [-0.39, 0.29) is 11.7 Å². The standard InChI is InChI=1S/C19H22N2O2S/c1-14-9-11-21(12-10-14)18(17(22)15-6-3-2-4-7-15)20-19(23)16-8-5-13-24-16/h2-8,13-14,18H,9-12H2,1H3,(H,20,23)/p+1/t18-/m0/s1. The third-order valence-corrected chi connectivity index (χ3v) is 5.53. The smallest absolute Gasteiger partial charge is 0.266 e. The largest absolute Gasteiger partial charge is 0.309 e. The summed E-state index contributed by atoms with van der Waals surface area (Å²) in [5.41, 5.74) is 0.653. The number of hydrogen-bond donors (Lipinski definition) is 2. The molecule has 0 unspecified atom stereocenters. The van der Waals surface area contributed by atoms with Crippen LogP contribution in [0, 0.1) is 5.92 Å². The molecule has 0 aliphatic carbocycles. The number of quaternary nitrogens is 1. The number of thiophene rings is 1. The van der Waals surface area contributed by atoms with Gasteiger partial charge in [0.15, 0.2) is 0 Å². The number of Topliss-reactive ketones (excluding diaryl/α,β-unsaturated/α-hetero) is 1. The lowest BCUT2D eigenvalue weighted by atomic mass is 9.97. The van der Waals surface area contributed by atoms with Gasteiger partial charge in [-0.15, -0.1) is 11.3 Å². The zero-order chi connectivity index (χ0) is 16.9. The summed E-state index contributed by atoms with van der Waals surface area (Å²) in [4.78, 5) is 27.3. The first-order valence-corrected chi connectivity index (χ1v) is 9.31. The quantitative estimate of drug-likeness (QED) is 0.816. The highest BCUT2D eigenvalue weighted by atomic mass is 32.1. The SMILES string of the molecule is CC1CC[NH+]([C@H](NC(=O)c2cccs2)C(=O)c2ccccc2)CC1. The highest BCUT2D eigenvalue weighted by molar-refractivity contribution is 7.12. The molecule has 24 heavy (non-hydrogen) atoms. The summed E-state index contributed by atoms with van der Waals surface area (Å²) in [7, 11) is 0. The molecule has 1 amide bonds. The maximum Gasteiger partial charge on any atom is 0.266 e. The molecule has 0 spiro atoms. The van der Waals surface area contributed by atoms with Crippen LogP contribution in [0.5, 0.6) is 0 Å². The fraction of sp³-hybridized carbons (Fsp3) is 0.368. The first-order chi connectivity index (χ1) is 11.6. The Labute approximate surface area is 146 Å². The zero-order valence-electron chi connectivity index (χ0n) is 13.8. The van der Waals surface area contributed by atoms with Crippen molar-refractivity contribution in [3.8, 4) is 0 Å². The molecule has 0 saturated carbocycles. The van der Waals surface area contributed by atoms with Crippen molar-refractivity contribution in [2.24, 2.45) is 5.92 Å². The van der Waals surface area contributed by atoms with Crippen LogP contribution in [0.1, 0.15) is 39.8 Å². The van der Waals surface area contributed by atoms with Crippen LogP contribution in [0.4, 0.5) is 0 Å². The van der Waals surface area contributed by atoms with Gasteiger partial charge in [-0.3, -0.25) is 14.9 Å². The lowest BCUT2D eigenvalue weighted by Crippen LogP contribution is -3.19. The van der Waals surface area contributed by atoms with Crippen molar-refractivity contribution in [1.82, 2.24) is 5.32 Å². The van der Waals surface area contributed by atoms with Gasteiger partial charge in [0.05, 0.1) is 18.0 Å². The predicted molar refractivity (Wildman–Crippen MR) is 95.4 cm³/mol. The molecule has 0 bridgehead atoms. The minimum atomic E-state index is -0.519. The van der Waals surface area contributed by atoms with Crippen LogP contribution in [0.15, 0.2) is 47.8 Å². The number of rotatable bonds is 5. The fourth-order valence-corrected chi connectivity index (χ4v) is 3.78. The minimum absolute atomic E-state index is 0.00920. The molecule has 5 heteroatoms. The second kappa shape index (κ2) is 7.73. The summed E-state index contributed by atoms with van der Waals surface area (Å²) in [5.74, 6) is 0.518. The van der Waals surface area contributed by atoms with E-state index < -0.39 is 6.17 Å². The Hall–Kier alpha value is -1.98. The zero-order valence-corrected chi connectivity index (χ0v) is 14.6. The van der Waals surface area contributed by atoms with Crippen molar-refractivity contribution < 1.29 is 14.5 Å². The van der Waals surface area contributed by atoms with E-state index in [0.29, 0.717) is 16.4 Å². The number of benzene rings is 1. The van der Waals surface area contributed by atoms with Crippen LogP contribution in [-0.2, 0) is 0 Å². The van der Waals surface area contributed by atoms with Crippen LogP contribution in [0.25, 0.3) is 0 Å². The van der Waals surface area contributed by atoms with E-state index in [0.717, 1.165) is 30.8 Å². The molecule has 1 aliphatic rings. The average Bonchev–Trinajstić information content (AvgIpc) is 3.15. The summed E-state index contributed by atoms with van der Waals surface area (Å²) in [6.45, 7) is 4.07. The molecule has 2 aromatic rings. The summed E-state index contributed by atoms with van der Waals surface area (Å²) >= 11 is 1.39. The van der Waals surface area contributed by atoms with Crippen molar-refractivity contribution in [2.45, 2.75) is 25.9 Å². The number of ketones is 1. The van der Waals surface area contributed by atoms with Gasteiger partial charge < -0.3 is 4.90 Å². The molecule has 1 fully saturated rings. The van der Waals surface area contributed by atoms with Gasteiger partial charge in [0.25, 0.3) is 5.91 Å². The summed E-state index contributed by atoms with van der Waals surface area (Å²) < 4.78 is 0. The van der Waals surface area contributed by atoms with Gasteiger partial charge in [0, 0.05) is 5.56 Å². The van der Waals surface area contributed by atoms with E-state index in [1.54, 1.807) is 6.07 Å². The van der Waals surface area contributed by atoms with Crippen molar-refractivity contribution in [3.05, 3.63) is 58.3 Å². The maximum absolute atomic E-state index is 13.0. The first-order valence-electron chi connectivity index (χ1n) is 8.43. The Morgan fingerprint density at radius 1 is 1.12 bits per heavy atom. The van der Waals surface area contributed by atoms with Gasteiger partial charge in [0.2, 0.25) is 11.9 Å². The normalized spacial score (nSPS) is 21.9. The second-order valence-corrected chi connectivity index (χ2v) is 7.40. The molecule has 1 aromatic heterocycles. The maximum atomic E-state index is 13.0. The highest BCUT2D eigenvalue weighted by Gasteiger charge is 2.34. The Balaban J connectivity index is 1.80. The fourth-order valence-electron chi connectivity index (χ4n) is 3.15. The van der Waals surface area contributed by atoms with Crippen molar-refractivity contribution in [3.63, 3.8) is 0 Å². The molecule has 1 saturated heterocycles. The third kappa shape index (κ3) is 3.91. The van der Waals surface area contributed by atoms with Crippen LogP contribution < -0.4 is 10.2 Å². The van der Waals surface area contributed by atoms with Gasteiger partial charge in [0.1, 0.15) is 0 Å². The van der Waals surface area contributed by atoms with E-state index in [1.165, 1.54) is 11.3 Å². The molecule has 3 rings (SSSR count). The van der Waals surface area contributed by atoms with Gasteiger partial charge in [-0.2, -0.15) is 0 Å². The summed E-state index contributed by atoms with van der Waals surface area (Å²) in [5, 5.41) is 4.86. The average molecular weight is 343 g/mol. The van der Waals surface area contributed by atoms with E-state index in [2.05, 4.69) is 12.2 Å². The van der Waals surface area contributed by atoms with Gasteiger partial charge in [-0.1, -0.05) is 43.3 Å². The number of likely N-dealkylation sites (tertiary alicyclic amines) is 1. The van der Waals surface area contributed by atoms with Crippen LogP contribution in [0.2, 0.25) is 0 Å². The van der Waals surface area contributed by atoms with Crippen molar-refractivity contribution in [2.75, 3.05) is 13.1 Å². The Morgan fingerprint density at radius 2 is 1.83 bits per heavy atom. The monoisotopic (exact) mass is 343 g/mol. The van der Waals surface area contributed by atoms with E-state index in [9.17, 15) is 9.59 Å². The van der Waals surface area contributed by atoms with Crippen LogP contribution >= 0.6 is 11.3 Å². The van der Waals surface area contributed by atoms with Gasteiger partial charge >= 0.3 is 0 Å². The molecule has 4 nitrogen and oxygen atoms in total. The van der Waals surface area contributed by atoms with Crippen molar-refractivity contribution in [1.29, 1.82) is 0 Å². The summed E-state index contributed by atoms with van der Waals surface area (Å²) in [6, 6.07) is 12.9. The van der Waals surface area contributed by atoms with Crippen LogP contribution in [-0.4, -0.2) is 30.9 Å². The van der Waals surface area contributed by atoms with Crippen molar-refractivity contribution >= 4 is 23.0 Å². The number of nitrogens with one attached hydrogen (secondary N) is 2. The number of piperidine rings is 1. The second-order valence-electron chi connectivity index (χ2n) is 6.45. The number of hydrogen-bond acceptors (Lipinski definition) is 3. The number of carbonyl (C=O) groups is 2. The third-order valence-electron chi connectivity index (χ3n) is 4.67. The first kappa shape index (κ1) is 16.9. The predicted octanol–water partition coefficient (Wildman–Crippen LogP) is 2.00. The lowest BCUT2D eigenvalue weighted by molar-refractivity contribution is -0.923. The molecule has 1 aromatic carbocycles. The topological polar surface area (TPSA) is 50.6 Å². The van der Waals surface area contributed by atoms with Gasteiger partial charge in [-0.05, 0) is 30.2 Å². The van der Waals surface area contributed by atoms with E-state index >= 15 is 0 Å². The van der Waals surface area contributed by atoms with E-state index in [4.69, 9.17) is 0 Å². The molecule has 0 radical (unpaired) electrons. The minimum Gasteiger partial charge on any atom is -0.309 e.